The van der Waals surface area contributed by atoms with Crippen molar-refractivity contribution in [1.82, 2.24) is 15.5 Å². The number of thiocarbonyl (C=S) groups is 1. The van der Waals surface area contributed by atoms with Crippen LogP contribution in [0.1, 0.15) is 32.3 Å². The van der Waals surface area contributed by atoms with Crippen molar-refractivity contribution in [1.29, 1.82) is 0 Å². The Kier molecular flexibility index (Phi) is 7.71. The largest absolute Gasteiger partial charge is 0.493 e. The first-order chi connectivity index (χ1) is 12.9. The Morgan fingerprint density at radius 3 is 2.59 bits per heavy atom. The zero-order chi connectivity index (χ0) is 20.0. The summed E-state index contributed by atoms with van der Waals surface area (Å²) in [5.41, 5.74) is 0.975. The van der Waals surface area contributed by atoms with E-state index >= 15 is 0 Å². The molecule has 1 aliphatic rings. The van der Waals surface area contributed by atoms with Crippen LogP contribution in [0.3, 0.4) is 0 Å². The molecule has 1 amide bonds. The van der Waals surface area contributed by atoms with E-state index in [1.807, 2.05) is 25.1 Å². The minimum atomic E-state index is -0.207. The van der Waals surface area contributed by atoms with Crippen molar-refractivity contribution in [3.8, 4) is 11.5 Å². The lowest BCUT2D eigenvalue weighted by Gasteiger charge is -2.22. The van der Waals surface area contributed by atoms with Crippen LogP contribution >= 0.6 is 12.2 Å². The van der Waals surface area contributed by atoms with Crippen LogP contribution in [0.4, 0.5) is 0 Å². The lowest BCUT2D eigenvalue weighted by molar-refractivity contribution is -0.125. The molecule has 1 heterocycles. The first-order valence-electron chi connectivity index (χ1n) is 9.44. The van der Waals surface area contributed by atoms with Crippen LogP contribution < -0.4 is 20.1 Å². The average molecular weight is 394 g/mol. The van der Waals surface area contributed by atoms with Gasteiger partial charge >= 0.3 is 0 Å². The molecule has 0 aliphatic carbocycles. The summed E-state index contributed by atoms with van der Waals surface area (Å²) in [5, 5.41) is 6.95. The number of ether oxygens (including phenoxy) is 2. The van der Waals surface area contributed by atoms with Crippen molar-refractivity contribution in [2.45, 2.75) is 26.7 Å². The number of hydrogen-bond acceptors (Lipinski definition) is 4. The number of carbonyl (C=O) groups excluding carboxylic acids is 1. The van der Waals surface area contributed by atoms with E-state index < -0.39 is 0 Å². The van der Waals surface area contributed by atoms with Crippen molar-refractivity contribution < 1.29 is 14.3 Å². The minimum absolute atomic E-state index is 0.0289. The molecule has 6 nitrogen and oxygen atoms in total. The molecule has 1 saturated heterocycles. The van der Waals surface area contributed by atoms with Gasteiger partial charge in [0.25, 0.3) is 0 Å². The molecule has 1 aromatic rings. The van der Waals surface area contributed by atoms with E-state index in [0.717, 1.165) is 12.1 Å². The van der Waals surface area contributed by atoms with Gasteiger partial charge in [-0.1, -0.05) is 26.0 Å². The number of likely N-dealkylation sites (tertiary alicyclic amines) is 1. The molecule has 1 fully saturated rings. The number of para-hydroxylation sites is 1. The Labute approximate surface area is 167 Å². The number of amides is 1. The third-order valence-corrected chi connectivity index (χ3v) is 5.19. The minimum Gasteiger partial charge on any atom is -0.493 e. The van der Waals surface area contributed by atoms with Gasteiger partial charge in [-0.05, 0) is 31.1 Å². The molecule has 0 saturated carbocycles. The van der Waals surface area contributed by atoms with E-state index in [1.54, 1.807) is 14.2 Å². The Morgan fingerprint density at radius 1 is 1.26 bits per heavy atom. The summed E-state index contributed by atoms with van der Waals surface area (Å²) in [6, 6.07) is 5.81. The fraction of sp³-hybridized carbons (Fsp3) is 0.600. The maximum atomic E-state index is 12.9. The van der Waals surface area contributed by atoms with E-state index in [9.17, 15) is 4.79 Å². The topological polar surface area (TPSA) is 62.8 Å². The number of nitrogens with one attached hydrogen (secondary N) is 2. The van der Waals surface area contributed by atoms with Crippen LogP contribution in [0.5, 0.6) is 11.5 Å². The van der Waals surface area contributed by atoms with Crippen LogP contribution in [0.25, 0.3) is 0 Å². The van der Waals surface area contributed by atoms with E-state index in [-0.39, 0.29) is 17.7 Å². The third kappa shape index (κ3) is 5.03. The number of hydrogen-bond donors (Lipinski definition) is 2. The van der Waals surface area contributed by atoms with Crippen LogP contribution in [-0.2, 0) is 4.79 Å². The van der Waals surface area contributed by atoms with Gasteiger partial charge in [0.05, 0.1) is 20.1 Å². The van der Waals surface area contributed by atoms with Crippen molar-refractivity contribution in [2.24, 2.45) is 11.8 Å². The Balaban J connectivity index is 2.34. The molecule has 2 atom stereocenters. The lowest BCUT2D eigenvalue weighted by Crippen LogP contribution is -2.40. The Bertz CT molecular complexity index is 666. The fourth-order valence-electron chi connectivity index (χ4n) is 3.45. The monoisotopic (exact) mass is 393 g/mol. The molecule has 0 spiro atoms. The molecular weight excluding hydrogens is 362 g/mol. The van der Waals surface area contributed by atoms with Crippen molar-refractivity contribution in [2.75, 3.05) is 40.4 Å². The van der Waals surface area contributed by atoms with Gasteiger partial charge in [-0.15, -0.1) is 0 Å². The molecule has 0 radical (unpaired) electrons. The van der Waals surface area contributed by atoms with E-state index in [4.69, 9.17) is 21.7 Å². The van der Waals surface area contributed by atoms with Crippen molar-refractivity contribution >= 4 is 23.2 Å². The molecular formula is C20H31N3O3S. The Hall–Kier alpha value is -2.02. The van der Waals surface area contributed by atoms with Crippen molar-refractivity contribution in [3.63, 3.8) is 0 Å². The number of rotatable bonds is 7. The molecule has 2 rings (SSSR count). The first kappa shape index (κ1) is 21.3. The molecule has 0 aromatic heterocycles. The molecule has 150 valence electrons. The second-order valence-corrected chi connectivity index (χ2v) is 7.56. The van der Waals surface area contributed by atoms with Crippen LogP contribution in [-0.4, -0.2) is 56.3 Å². The highest BCUT2D eigenvalue weighted by Crippen LogP contribution is 2.41. The molecule has 1 aromatic carbocycles. The molecule has 7 heteroatoms. The van der Waals surface area contributed by atoms with Crippen LogP contribution in [0.2, 0.25) is 0 Å². The number of benzene rings is 1. The molecule has 27 heavy (non-hydrogen) atoms. The summed E-state index contributed by atoms with van der Waals surface area (Å²) in [6.07, 6.45) is 0. The summed E-state index contributed by atoms with van der Waals surface area (Å²) >= 11 is 5.50. The zero-order valence-corrected chi connectivity index (χ0v) is 17.7. The fourth-order valence-corrected chi connectivity index (χ4v) is 3.75. The highest BCUT2D eigenvalue weighted by molar-refractivity contribution is 7.80. The highest BCUT2D eigenvalue weighted by Gasteiger charge is 2.41. The molecule has 2 N–H and O–H groups in total. The van der Waals surface area contributed by atoms with Gasteiger partial charge < -0.3 is 25.0 Å². The normalized spacial score (nSPS) is 19.1. The van der Waals surface area contributed by atoms with E-state index in [2.05, 4.69) is 29.4 Å². The predicted molar refractivity (Wildman–Crippen MR) is 111 cm³/mol. The van der Waals surface area contributed by atoms with Gasteiger partial charge in [0.15, 0.2) is 16.6 Å². The Morgan fingerprint density at radius 2 is 2.00 bits per heavy atom. The maximum Gasteiger partial charge on any atom is 0.225 e. The van der Waals surface area contributed by atoms with Crippen LogP contribution in [0.15, 0.2) is 18.2 Å². The highest BCUT2D eigenvalue weighted by atomic mass is 32.1. The summed E-state index contributed by atoms with van der Waals surface area (Å²) in [5.74, 6) is 1.58. The van der Waals surface area contributed by atoms with Gasteiger partial charge in [0, 0.05) is 37.7 Å². The zero-order valence-electron chi connectivity index (χ0n) is 16.9. The van der Waals surface area contributed by atoms with Crippen molar-refractivity contribution in [3.05, 3.63) is 23.8 Å². The summed E-state index contributed by atoms with van der Waals surface area (Å²) < 4.78 is 11.1. The summed E-state index contributed by atoms with van der Waals surface area (Å²) in [7, 11) is 3.25. The smallest absolute Gasteiger partial charge is 0.225 e. The third-order valence-electron chi connectivity index (χ3n) is 4.79. The lowest BCUT2D eigenvalue weighted by atomic mass is 9.87. The maximum absolute atomic E-state index is 12.9. The second kappa shape index (κ2) is 9.78. The average Bonchev–Trinajstić information content (AvgIpc) is 3.10. The van der Waals surface area contributed by atoms with Gasteiger partial charge in [0.2, 0.25) is 5.91 Å². The summed E-state index contributed by atoms with van der Waals surface area (Å²) in [6.45, 7) is 8.85. The van der Waals surface area contributed by atoms with Gasteiger partial charge in [0.1, 0.15) is 0 Å². The standard InChI is InChI=1S/C20H31N3O3S/c1-6-21-20(27)23-11-15(16(12-23)19(24)22-10-13(2)3)14-8-7-9-17(25-4)18(14)26-5/h7-9,13,15-16H,6,10-12H2,1-5H3,(H,21,27)(H,22,24)/t15-,16+/m1/s1. The molecule has 1 aliphatic heterocycles. The van der Waals surface area contributed by atoms with E-state index in [0.29, 0.717) is 42.2 Å². The van der Waals surface area contributed by atoms with Gasteiger partial charge in [-0.2, -0.15) is 0 Å². The molecule has 0 unspecified atom stereocenters. The van der Waals surface area contributed by atoms with E-state index in [1.165, 1.54) is 0 Å². The predicted octanol–water partition coefficient (Wildman–Crippen LogP) is 2.39. The van der Waals surface area contributed by atoms with Gasteiger partial charge in [-0.25, -0.2) is 0 Å². The van der Waals surface area contributed by atoms with Crippen LogP contribution in [0, 0.1) is 11.8 Å². The molecule has 0 bridgehead atoms. The summed E-state index contributed by atoms with van der Waals surface area (Å²) in [4.78, 5) is 15.0. The SMILES string of the molecule is CCNC(=S)N1C[C@H](C(=O)NCC(C)C)[C@@H](c2cccc(OC)c2OC)C1. The first-order valence-corrected chi connectivity index (χ1v) is 9.85. The second-order valence-electron chi connectivity index (χ2n) is 7.18. The van der Waals surface area contributed by atoms with Gasteiger partial charge in [-0.3, -0.25) is 4.79 Å². The number of methoxy groups -OCH3 is 2. The quantitative estimate of drug-likeness (QED) is 0.694. The number of carbonyl (C=O) groups is 1. The number of nitrogens with zero attached hydrogens (tertiary/aromatic N) is 1.